The third-order valence-corrected chi connectivity index (χ3v) is 4.36. The van der Waals surface area contributed by atoms with E-state index in [1.807, 2.05) is 25.5 Å². The molecule has 0 aliphatic carbocycles. The first-order valence-electron chi connectivity index (χ1n) is 9.06. The second-order valence-corrected chi connectivity index (χ2v) is 6.36. The van der Waals surface area contributed by atoms with Crippen LogP contribution < -0.4 is 9.47 Å². The summed E-state index contributed by atoms with van der Waals surface area (Å²) in [5.41, 5.74) is 2.13. The molecule has 0 fully saturated rings. The van der Waals surface area contributed by atoms with Crippen molar-refractivity contribution in [2.45, 2.75) is 20.3 Å². The van der Waals surface area contributed by atoms with Gasteiger partial charge in [0.05, 0.1) is 24.8 Å². The highest BCUT2D eigenvalue weighted by atomic mass is 16.7. The zero-order valence-corrected chi connectivity index (χ0v) is 16.8. The fourth-order valence-electron chi connectivity index (χ4n) is 2.73. The zero-order chi connectivity index (χ0) is 20.5. The Hall–Kier alpha value is -3.10. The van der Waals surface area contributed by atoms with Gasteiger partial charge < -0.3 is 23.8 Å². The van der Waals surface area contributed by atoms with Crippen LogP contribution in [0.4, 0.5) is 0 Å². The van der Waals surface area contributed by atoms with Crippen LogP contribution in [-0.2, 0) is 23.1 Å². The van der Waals surface area contributed by atoms with Gasteiger partial charge in [-0.2, -0.15) is 0 Å². The summed E-state index contributed by atoms with van der Waals surface area (Å²) in [7, 11) is 3.55. The number of aromatic nitrogens is 3. The second kappa shape index (κ2) is 10.3. The molecule has 1 aliphatic rings. The lowest BCUT2D eigenvalue weighted by molar-refractivity contribution is -0.134. The number of aryl methyl sites for hydroxylation is 2. The monoisotopic (exact) mass is 389 g/mol. The van der Waals surface area contributed by atoms with Gasteiger partial charge in [0.15, 0.2) is 11.5 Å². The topological polar surface area (TPSA) is 89.8 Å². The highest BCUT2D eigenvalue weighted by Gasteiger charge is 2.15. The highest BCUT2D eigenvalue weighted by Crippen LogP contribution is 2.29. The van der Waals surface area contributed by atoms with Crippen LogP contribution >= 0.6 is 0 Å². The number of pyridine rings is 1. The van der Waals surface area contributed by atoms with Crippen molar-refractivity contribution in [1.29, 1.82) is 0 Å². The summed E-state index contributed by atoms with van der Waals surface area (Å²) in [6.45, 7) is 5.64. The Bertz CT molecular complexity index is 750. The van der Waals surface area contributed by atoms with Crippen molar-refractivity contribution >= 4 is 12.3 Å². The molecular formula is C19H27N5O4. The van der Waals surface area contributed by atoms with E-state index in [4.69, 9.17) is 9.47 Å². The number of nitrogens with zero attached hydrogens (tertiary/aromatic N) is 5. The zero-order valence-electron chi connectivity index (χ0n) is 16.8. The van der Waals surface area contributed by atoms with Gasteiger partial charge in [-0.15, -0.1) is 0 Å². The molecule has 2 amide bonds. The number of fused-ring (bicyclic) bond motifs is 1. The molecule has 9 nitrogen and oxygen atoms in total. The van der Waals surface area contributed by atoms with Gasteiger partial charge in [-0.05, 0) is 13.8 Å². The number of hydrogen-bond donors (Lipinski definition) is 0. The minimum atomic E-state index is -0.0306. The second-order valence-electron chi connectivity index (χ2n) is 6.36. The van der Waals surface area contributed by atoms with E-state index in [0.717, 1.165) is 29.3 Å². The number of carbonyl (C=O) groups is 2. The van der Waals surface area contributed by atoms with E-state index in [2.05, 4.69) is 9.97 Å². The first kappa shape index (κ1) is 21.2. The quantitative estimate of drug-likeness (QED) is 0.657. The molecule has 2 aromatic rings. The normalized spacial score (nSPS) is 11.4. The van der Waals surface area contributed by atoms with Crippen LogP contribution in [0.25, 0.3) is 0 Å². The smallest absolute Gasteiger partial charge is 0.242 e. The van der Waals surface area contributed by atoms with Crippen molar-refractivity contribution in [3.63, 3.8) is 0 Å². The maximum Gasteiger partial charge on any atom is 0.242 e. The minimum Gasteiger partial charge on any atom is -0.453 e. The third kappa shape index (κ3) is 5.70. The van der Waals surface area contributed by atoms with Crippen molar-refractivity contribution in [2.24, 2.45) is 7.05 Å². The first-order chi connectivity index (χ1) is 13.5. The van der Waals surface area contributed by atoms with E-state index in [-0.39, 0.29) is 12.5 Å². The number of carbonyl (C=O) groups excluding carboxylic acids is 2. The molecule has 0 saturated carbocycles. The van der Waals surface area contributed by atoms with Crippen molar-refractivity contribution < 1.29 is 19.1 Å². The number of amides is 2. The average molecular weight is 389 g/mol. The van der Waals surface area contributed by atoms with Crippen molar-refractivity contribution in [2.75, 3.05) is 33.5 Å². The molecular weight excluding hydrogens is 362 g/mol. The van der Waals surface area contributed by atoms with Gasteiger partial charge in [-0.1, -0.05) is 0 Å². The summed E-state index contributed by atoms with van der Waals surface area (Å²) in [6.07, 6.45) is 6.53. The maximum absolute atomic E-state index is 12.0. The summed E-state index contributed by atoms with van der Waals surface area (Å²) in [4.78, 5) is 33.7. The molecule has 0 atom stereocenters. The first-order valence-corrected chi connectivity index (χ1v) is 9.06. The lowest BCUT2D eigenvalue weighted by atomic mass is 10.2. The van der Waals surface area contributed by atoms with Crippen LogP contribution in [-0.4, -0.2) is 70.1 Å². The maximum atomic E-state index is 12.0. The molecule has 0 aromatic carbocycles. The number of hydrogen-bond acceptors (Lipinski definition) is 6. The standard InChI is InChI=1S/C13H22N4O2.C6H5NO2/c1-5-17(13(19)8-15(3)10-18)7-6-12-11(2)14-9-16(12)4;1-2-7-3-6-5(1)8-4-9-6/h9-10H,5-8H2,1-4H3;1-3H,4H2. The molecule has 0 bridgehead atoms. The summed E-state index contributed by atoms with van der Waals surface area (Å²) in [5.74, 6) is 1.49. The summed E-state index contributed by atoms with van der Waals surface area (Å²) in [6, 6.07) is 1.78. The van der Waals surface area contributed by atoms with Gasteiger partial charge in [0.2, 0.25) is 19.1 Å². The van der Waals surface area contributed by atoms with E-state index in [1.165, 1.54) is 4.90 Å². The minimum absolute atomic E-state index is 0.0306. The Labute approximate surface area is 164 Å². The lowest BCUT2D eigenvalue weighted by Crippen LogP contribution is -2.39. The van der Waals surface area contributed by atoms with Gasteiger partial charge in [0, 0.05) is 51.6 Å². The lowest BCUT2D eigenvalue weighted by Gasteiger charge is -2.23. The van der Waals surface area contributed by atoms with E-state index >= 15 is 0 Å². The summed E-state index contributed by atoms with van der Waals surface area (Å²) in [5, 5.41) is 0. The summed E-state index contributed by atoms with van der Waals surface area (Å²) < 4.78 is 12.0. The molecule has 1 aliphatic heterocycles. The highest BCUT2D eigenvalue weighted by molar-refractivity contribution is 5.79. The van der Waals surface area contributed by atoms with Gasteiger partial charge in [-0.3, -0.25) is 14.6 Å². The van der Waals surface area contributed by atoms with E-state index < -0.39 is 0 Å². The molecule has 3 rings (SSSR count). The van der Waals surface area contributed by atoms with Crippen LogP contribution in [0.1, 0.15) is 18.3 Å². The predicted molar refractivity (Wildman–Crippen MR) is 103 cm³/mol. The number of imidazole rings is 1. The average Bonchev–Trinajstić information content (AvgIpc) is 3.30. The van der Waals surface area contributed by atoms with E-state index in [1.54, 1.807) is 36.7 Å². The van der Waals surface area contributed by atoms with Crippen molar-refractivity contribution in [3.8, 4) is 11.5 Å². The van der Waals surface area contributed by atoms with Gasteiger partial charge in [0.25, 0.3) is 0 Å². The van der Waals surface area contributed by atoms with E-state index in [0.29, 0.717) is 26.3 Å². The fourth-order valence-corrected chi connectivity index (χ4v) is 2.73. The largest absolute Gasteiger partial charge is 0.453 e. The molecule has 0 N–H and O–H groups in total. The number of ether oxygens (including phenoxy) is 2. The van der Waals surface area contributed by atoms with Crippen LogP contribution in [0.2, 0.25) is 0 Å². The van der Waals surface area contributed by atoms with Crippen LogP contribution in [0.5, 0.6) is 11.5 Å². The molecule has 9 heteroatoms. The Morgan fingerprint density at radius 2 is 2.11 bits per heavy atom. The Balaban J connectivity index is 0.000000255. The van der Waals surface area contributed by atoms with Gasteiger partial charge >= 0.3 is 0 Å². The summed E-state index contributed by atoms with van der Waals surface area (Å²) >= 11 is 0. The Kier molecular flexibility index (Phi) is 7.79. The molecule has 0 unspecified atom stereocenters. The molecule has 152 valence electrons. The number of rotatable bonds is 7. The fraction of sp³-hybridized carbons (Fsp3) is 0.474. The predicted octanol–water partition coefficient (Wildman–Crippen LogP) is 1.02. The molecule has 28 heavy (non-hydrogen) atoms. The SMILES string of the molecule is CCN(CCc1c(C)ncn1C)C(=O)CN(C)C=O.c1cc2c(cn1)OCO2. The van der Waals surface area contributed by atoms with Crippen molar-refractivity contribution in [1.82, 2.24) is 24.3 Å². The van der Waals surface area contributed by atoms with Crippen LogP contribution in [0, 0.1) is 6.92 Å². The van der Waals surface area contributed by atoms with Crippen LogP contribution in [0.15, 0.2) is 24.8 Å². The molecule has 0 saturated heterocycles. The Morgan fingerprint density at radius 1 is 1.36 bits per heavy atom. The molecule has 3 heterocycles. The van der Waals surface area contributed by atoms with E-state index in [9.17, 15) is 9.59 Å². The molecule has 2 aromatic heterocycles. The van der Waals surface area contributed by atoms with Crippen LogP contribution in [0.3, 0.4) is 0 Å². The van der Waals surface area contributed by atoms with Crippen molar-refractivity contribution in [3.05, 3.63) is 36.2 Å². The number of likely N-dealkylation sites (N-methyl/N-ethyl adjacent to an activating group) is 2. The molecule has 0 spiro atoms. The van der Waals surface area contributed by atoms with Gasteiger partial charge in [0.1, 0.15) is 0 Å². The van der Waals surface area contributed by atoms with Gasteiger partial charge in [-0.25, -0.2) is 4.98 Å². The third-order valence-electron chi connectivity index (χ3n) is 4.36. The Morgan fingerprint density at radius 3 is 2.71 bits per heavy atom. The molecule has 0 radical (unpaired) electrons.